The van der Waals surface area contributed by atoms with Gasteiger partial charge in [0.25, 0.3) is 0 Å². The van der Waals surface area contributed by atoms with E-state index < -0.39 is 0 Å². The number of nitrogens with zero attached hydrogens (tertiary/aromatic N) is 1. The number of fused-ring (bicyclic) bond motifs is 1. The van der Waals surface area contributed by atoms with Gasteiger partial charge in [0, 0.05) is 25.6 Å². The topological polar surface area (TPSA) is 32.3 Å². The highest BCUT2D eigenvalue weighted by atomic mass is 16.2. The molecule has 1 aliphatic carbocycles. The molecule has 16 heavy (non-hydrogen) atoms. The van der Waals surface area contributed by atoms with Gasteiger partial charge in [0.2, 0.25) is 5.91 Å². The lowest BCUT2D eigenvalue weighted by Crippen LogP contribution is -2.36. The molecular weight excluding hydrogens is 200 g/mol. The minimum absolute atomic E-state index is 0.318. The minimum Gasteiger partial charge on any atom is -0.342 e. The van der Waals surface area contributed by atoms with Crippen LogP contribution in [0.4, 0.5) is 0 Å². The predicted octanol–water partition coefficient (Wildman–Crippen LogP) is 1.63. The van der Waals surface area contributed by atoms with Crippen LogP contribution in [-0.2, 0) is 4.79 Å². The van der Waals surface area contributed by atoms with Crippen LogP contribution in [0.25, 0.3) is 0 Å². The Balaban J connectivity index is 1.78. The van der Waals surface area contributed by atoms with Gasteiger partial charge in [0.15, 0.2) is 0 Å². The molecule has 2 fully saturated rings. The Bertz CT molecular complexity index is 242. The molecule has 0 bridgehead atoms. The second-order valence-corrected chi connectivity index (χ2v) is 5.41. The maximum Gasteiger partial charge on any atom is 0.224 e. The Labute approximate surface area is 98.6 Å². The lowest BCUT2D eigenvalue weighted by atomic mass is 10.0. The Morgan fingerprint density at radius 3 is 2.56 bits per heavy atom. The van der Waals surface area contributed by atoms with Gasteiger partial charge in [-0.15, -0.1) is 0 Å². The van der Waals surface area contributed by atoms with E-state index in [4.69, 9.17) is 0 Å². The summed E-state index contributed by atoms with van der Waals surface area (Å²) < 4.78 is 0. The van der Waals surface area contributed by atoms with Gasteiger partial charge in [-0.1, -0.05) is 13.3 Å². The maximum atomic E-state index is 12.0. The standard InChI is InChI=1S/C13H24N2O/c1-3-14-10(2)7-13(16)15-8-11-5-4-6-12(11)9-15/h10-12,14H,3-9H2,1-2H3. The fraction of sp³-hybridized carbons (Fsp3) is 0.923. The molecule has 1 heterocycles. The molecule has 92 valence electrons. The first-order valence-corrected chi connectivity index (χ1v) is 6.72. The Morgan fingerprint density at radius 2 is 2.00 bits per heavy atom. The van der Waals surface area contributed by atoms with E-state index in [-0.39, 0.29) is 0 Å². The number of nitrogens with one attached hydrogen (secondary N) is 1. The van der Waals surface area contributed by atoms with Crippen molar-refractivity contribution in [1.82, 2.24) is 10.2 Å². The quantitative estimate of drug-likeness (QED) is 0.787. The molecule has 3 heteroatoms. The molecule has 1 amide bonds. The van der Waals surface area contributed by atoms with Crippen LogP contribution in [0.1, 0.15) is 39.5 Å². The molecule has 1 aliphatic heterocycles. The van der Waals surface area contributed by atoms with Crippen molar-refractivity contribution in [3.63, 3.8) is 0 Å². The summed E-state index contributed by atoms with van der Waals surface area (Å²) in [6.07, 6.45) is 4.73. The van der Waals surface area contributed by atoms with Crippen LogP contribution in [0, 0.1) is 11.8 Å². The monoisotopic (exact) mass is 224 g/mol. The number of hydrogen-bond acceptors (Lipinski definition) is 2. The van der Waals surface area contributed by atoms with Crippen LogP contribution in [0.15, 0.2) is 0 Å². The van der Waals surface area contributed by atoms with E-state index in [1.807, 2.05) is 0 Å². The van der Waals surface area contributed by atoms with Gasteiger partial charge < -0.3 is 10.2 Å². The van der Waals surface area contributed by atoms with Crippen LogP contribution in [-0.4, -0.2) is 36.5 Å². The van der Waals surface area contributed by atoms with Crippen LogP contribution in [0.3, 0.4) is 0 Å². The summed E-state index contributed by atoms with van der Waals surface area (Å²) in [5, 5.41) is 3.30. The molecule has 0 aromatic heterocycles. The molecule has 1 saturated carbocycles. The van der Waals surface area contributed by atoms with E-state index in [2.05, 4.69) is 24.1 Å². The fourth-order valence-corrected chi connectivity index (χ4v) is 3.25. The summed E-state index contributed by atoms with van der Waals surface area (Å²) in [5.41, 5.74) is 0. The Kier molecular flexibility index (Phi) is 3.85. The fourth-order valence-electron chi connectivity index (χ4n) is 3.25. The number of carbonyl (C=O) groups is 1. The first kappa shape index (κ1) is 11.9. The van der Waals surface area contributed by atoms with Crippen LogP contribution >= 0.6 is 0 Å². The van der Waals surface area contributed by atoms with Gasteiger partial charge in [-0.3, -0.25) is 4.79 Å². The van der Waals surface area contributed by atoms with Crippen molar-refractivity contribution in [2.45, 2.75) is 45.6 Å². The second-order valence-electron chi connectivity index (χ2n) is 5.41. The van der Waals surface area contributed by atoms with Crippen LogP contribution in [0.2, 0.25) is 0 Å². The first-order valence-electron chi connectivity index (χ1n) is 6.72. The van der Waals surface area contributed by atoms with Crippen LogP contribution < -0.4 is 5.32 Å². The lowest BCUT2D eigenvalue weighted by molar-refractivity contribution is -0.130. The highest BCUT2D eigenvalue weighted by Crippen LogP contribution is 2.37. The van der Waals surface area contributed by atoms with Gasteiger partial charge in [-0.25, -0.2) is 0 Å². The van der Waals surface area contributed by atoms with Gasteiger partial charge in [-0.05, 0) is 38.1 Å². The summed E-state index contributed by atoms with van der Waals surface area (Å²) in [6, 6.07) is 0.318. The Morgan fingerprint density at radius 1 is 1.38 bits per heavy atom. The summed E-state index contributed by atoms with van der Waals surface area (Å²) in [5.74, 6) is 1.99. The zero-order valence-electron chi connectivity index (χ0n) is 10.5. The molecule has 3 unspecified atom stereocenters. The van der Waals surface area contributed by atoms with Crippen molar-refractivity contribution in [1.29, 1.82) is 0 Å². The third-order valence-electron chi connectivity index (χ3n) is 4.11. The SMILES string of the molecule is CCNC(C)CC(=O)N1CC2CCCC2C1. The third-order valence-corrected chi connectivity index (χ3v) is 4.11. The molecule has 3 nitrogen and oxygen atoms in total. The average molecular weight is 224 g/mol. The van der Waals surface area contributed by atoms with Gasteiger partial charge in [-0.2, -0.15) is 0 Å². The van der Waals surface area contributed by atoms with Gasteiger partial charge >= 0.3 is 0 Å². The molecular formula is C13H24N2O. The molecule has 0 aromatic rings. The van der Waals surface area contributed by atoms with Crippen LogP contribution in [0.5, 0.6) is 0 Å². The molecule has 2 rings (SSSR count). The molecule has 3 atom stereocenters. The Hall–Kier alpha value is -0.570. The predicted molar refractivity (Wildman–Crippen MR) is 65.2 cm³/mol. The highest BCUT2D eigenvalue weighted by molar-refractivity contribution is 5.77. The zero-order chi connectivity index (χ0) is 11.5. The summed E-state index contributed by atoms with van der Waals surface area (Å²) >= 11 is 0. The van der Waals surface area contributed by atoms with Gasteiger partial charge in [0.05, 0.1) is 0 Å². The molecule has 0 radical (unpaired) electrons. The normalized spacial score (nSPS) is 30.5. The smallest absolute Gasteiger partial charge is 0.224 e. The van der Waals surface area contributed by atoms with Crippen molar-refractivity contribution < 1.29 is 4.79 Å². The number of likely N-dealkylation sites (tertiary alicyclic amines) is 1. The molecule has 0 aromatic carbocycles. The molecule has 1 saturated heterocycles. The van der Waals surface area contributed by atoms with E-state index in [0.717, 1.165) is 31.5 Å². The number of carbonyl (C=O) groups excluding carboxylic acids is 1. The van der Waals surface area contributed by atoms with Crippen molar-refractivity contribution in [3.8, 4) is 0 Å². The lowest BCUT2D eigenvalue weighted by Gasteiger charge is -2.20. The largest absolute Gasteiger partial charge is 0.342 e. The van der Waals surface area contributed by atoms with E-state index in [0.29, 0.717) is 18.4 Å². The number of rotatable bonds is 4. The average Bonchev–Trinajstić information content (AvgIpc) is 2.76. The second kappa shape index (κ2) is 5.17. The first-order chi connectivity index (χ1) is 7.70. The summed E-state index contributed by atoms with van der Waals surface area (Å²) in [6.45, 7) is 7.18. The third kappa shape index (κ3) is 2.57. The van der Waals surface area contributed by atoms with Crippen molar-refractivity contribution in [3.05, 3.63) is 0 Å². The zero-order valence-corrected chi connectivity index (χ0v) is 10.5. The van der Waals surface area contributed by atoms with E-state index >= 15 is 0 Å². The van der Waals surface area contributed by atoms with Gasteiger partial charge in [0.1, 0.15) is 0 Å². The number of amides is 1. The van der Waals surface area contributed by atoms with Crippen molar-refractivity contribution in [2.24, 2.45) is 11.8 Å². The molecule has 0 spiro atoms. The number of hydrogen-bond donors (Lipinski definition) is 1. The maximum absolute atomic E-state index is 12.0. The molecule has 2 aliphatic rings. The van der Waals surface area contributed by atoms with Crippen molar-refractivity contribution >= 4 is 5.91 Å². The highest BCUT2D eigenvalue weighted by Gasteiger charge is 2.37. The molecule has 1 N–H and O–H groups in total. The van der Waals surface area contributed by atoms with Crippen molar-refractivity contribution in [2.75, 3.05) is 19.6 Å². The minimum atomic E-state index is 0.318. The summed E-state index contributed by atoms with van der Waals surface area (Å²) in [7, 11) is 0. The van der Waals surface area contributed by atoms with E-state index in [1.165, 1.54) is 19.3 Å². The van der Waals surface area contributed by atoms with E-state index in [1.54, 1.807) is 0 Å². The van der Waals surface area contributed by atoms with E-state index in [9.17, 15) is 4.79 Å². The summed E-state index contributed by atoms with van der Waals surface area (Å²) in [4.78, 5) is 14.1.